The summed E-state index contributed by atoms with van der Waals surface area (Å²) < 4.78 is 20.9. The second-order valence-electron chi connectivity index (χ2n) is 4.60. The molecule has 0 aliphatic carbocycles. The molecule has 0 bridgehead atoms. The average molecular weight is 283 g/mol. The molecule has 0 saturated heterocycles. The van der Waals surface area contributed by atoms with E-state index in [1.165, 1.54) is 6.07 Å². The van der Waals surface area contributed by atoms with Gasteiger partial charge in [-0.05, 0) is 37.3 Å². The molecule has 1 aromatic carbocycles. The minimum Gasteiger partial charge on any atom is -0.462 e. The first-order chi connectivity index (χ1) is 10.2. The number of benzene rings is 1. The second kappa shape index (κ2) is 5.40. The number of ether oxygens (including phenoxy) is 1. The number of fused-ring (bicyclic) bond motifs is 1. The molecular formula is C17H14FNO2. The zero-order valence-corrected chi connectivity index (χ0v) is 11.5. The van der Waals surface area contributed by atoms with Crippen LogP contribution in [0.3, 0.4) is 0 Å². The fraction of sp³-hybridized carbons (Fsp3) is 0.118. The van der Waals surface area contributed by atoms with Crippen molar-refractivity contribution in [2.24, 2.45) is 0 Å². The lowest BCUT2D eigenvalue weighted by molar-refractivity contribution is 0.0529. The number of esters is 1. The van der Waals surface area contributed by atoms with Crippen LogP contribution >= 0.6 is 0 Å². The summed E-state index contributed by atoms with van der Waals surface area (Å²) >= 11 is 0. The Morgan fingerprint density at radius 3 is 2.71 bits per heavy atom. The average Bonchev–Trinajstić information content (AvgIpc) is 2.88. The highest BCUT2D eigenvalue weighted by atomic mass is 19.1. The van der Waals surface area contributed by atoms with E-state index in [4.69, 9.17) is 4.74 Å². The summed E-state index contributed by atoms with van der Waals surface area (Å²) in [4.78, 5) is 12.1. The van der Waals surface area contributed by atoms with Gasteiger partial charge in [-0.15, -0.1) is 0 Å². The molecule has 2 heterocycles. The standard InChI is InChI=1S/C17H14FNO2/c1-2-21-17(20)13-11-16(12-7-3-4-8-14(12)18)19-10-6-5-9-15(13)19/h3-11H,2H2,1H3. The third-order valence-electron chi connectivity index (χ3n) is 3.32. The molecule has 21 heavy (non-hydrogen) atoms. The van der Waals surface area contributed by atoms with Gasteiger partial charge >= 0.3 is 5.97 Å². The number of nitrogens with zero attached hydrogens (tertiary/aromatic N) is 1. The topological polar surface area (TPSA) is 30.7 Å². The van der Waals surface area contributed by atoms with Crippen LogP contribution in [0.2, 0.25) is 0 Å². The molecule has 106 valence electrons. The van der Waals surface area contributed by atoms with E-state index in [9.17, 15) is 9.18 Å². The first kappa shape index (κ1) is 13.4. The van der Waals surface area contributed by atoms with Crippen LogP contribution in [0.5, 0.6) is 0 Å². The maximum absolute atomic E-state index is 14.0. The minimum absolute atomic E-state index is 0.304. The SMILES string of the molecule is CCOC(=O)c1cc(-c2ccccc2F)n2ccccc12. The van der Waals surface area contributed by atoms with E-state index in [1.54, 1.807) is 41.8 Å². The molecule has 4 heteroatoms. The molecule has 0 aliphatic heterocycles. The highest BCUT2D eigenvalue weighted by molar-refractivity contribution is 5.99. The number of hydrogen-bond donors (Lipinski definition) is 0. The Balaban J connectivity index is 2.25. The number of aromatic nitrogens is 1. The molecule has 2 aromatic heterocycles. The van der Waals surface area contributed by atoms with Crippen molar-refractivity contribution in [2.45, 2.75) is 6.92 Å². The molecule has 0 unspecified atom stereocenters. The van der Waals surface area contributed by atoms with Crippen LogP contribution in [0, 0.1) is 5.82 Å². The number of halogens is 1. The monoisotopic (exact) mass is 283 g/mol. The molecule has 0 amide bonds. The number of rotatable bonds is 3. The van der Waals surface area contributed by atoms with E-state index < -0.39 is 5.97 Å². The molecule has 0 saturated carbocycles. The summed E-state index contributed by atoms with van der Waals surface area (Å²) in [6.07, 6.45) is 1.81. The van der Waals surface area contributed by atoms with Gasteiger partial charge in [0.15, 0.2) is 0 Å². The van der Waals surface area contributed by atoms with Crippen molar-refractivity contribution in [1.82, 2.24) is 4.40 Å². The van der Waals surface area contributed by atoms with E-state index in [-0.39, 0.29) is 5.82 Å². The maximum atomic E-state index is 14.0. The van der Waals surface area contributed by atoms with Crippen LogP contribution in [-0.4, -0.2) is 17.0 Å². The Morgan fingerprint density at radius 2 is 1.95 bits per heavy atom. The summed E-state index contributed by atoms with van der Waals surface area (Å²) in [7, 11) is 0. The van der Waals surface area contributed by atoms with Crippen molar-refractivity contribution in [3.63, 3.8) is 0 Å². The minimum atomic E-state index is -0.399. The van der Waals surface area contributed by atoms with Gasteiger partial charge in [-0.1, -0.05) is 18.2 Å². The van der Waals surface area contributed by atoms with Gasteiger partial charge in [0.25, 0.3) is 0 Å². The van der Waals surface area contributed by atoms with Gasteiger partial charge in [0, 0.05) is 11.8 Å². The van der Waals surface area contributed by atoms with Gasteiger partial charge in [0.1, 0.15) is 5.82 Å². The Bertz CT molecular complexity index is 807. The third kappa shape index (κ3) is 2.29. The summed E-state index contributed by atoms with van der Waals surface area (Å²) in [5.74, 6) is -0.722. The Kier molecular flexibility index (Phi) is 3.44. The molecule has 3 nitrogen and oxygen atoms in total. The van der Waals surface area contributed by atoms with Gasteiger partial charge in [-0.2, -0.15) is 0 Å². The molecule has 0 fully saturated rings. The van der Waals surface area contributed by atoms with Gasteiger partial charge in [0.05, 0.1) is 23.4 Å². The van der Waals surface area contributed by atoms with E-state index in [0.717, 1.165) is 0 Å². The van der Waals surface area contributed by atoms with Gasteiger partial charge in [0.2, 0.25) is 0 Å². The molecule has 3 rings (SSSR count). The second-order valence-corrected chi connectivity index (χ2v) is 4.60. The zero-order valence-electron chi connectivity index (χ0n) is 11.5. The molecule has 0 spiro atoms. The predicted octanol–water partition coefficient (Wildman–Crippen LogP) is 3.92. The van der Waals surface area contributed by atoms with E-state index >= 15 is 0 Å². The highest BCUT2D eigenvalue weighted by Gasteiger charge is 2.18. The van der Waals surface area contributed by atoms with Crippen LogP contribution in [0.25, 0.3) is 16.8 Å². The predicted molar refractivity (Wildman–Crippen MR) is 78.7 cm³/mol. The van der Waals surface area contributed by atoms with Crippen molar-refractivity contribution in [1.29, 1.82) is 0 Å². The Morgan fingerprint density at radius 1 is 1.19 bits per heavy atom. The third-order valence-corrected chi connectivity index (χ3v) is 3.32. The molecule has 3 aromatic rings. The fourth-order valence-electron chi connectivity index (χ4n) is 2.40. The lowest BCUT2D eigenvalue weighted by Gasteiger charge is -2.03. The lowest BCUT2D eigenvalue weighted by Crippen LogP contribution is -2.03. The van der Waals surface area contributed by atoms with Crippen LogP contribution in [-0.2, 0) is 4.74 Å². The van der Waals surface area contributed by atoms with Crippen LogP contribution in [0.15, 0.2) is 54.7 Å². The molecule has 0 radical (unpaired) electrons. The van der Waals surface area contributed by atoms with Gasteiger partial charge < -0.3 is 9.14 Å². The van der Waals surface area contributed by atoms with Crippen molar-refractivity contribution in [3.05, 3.63) is 66.1 Å². The first-order valence-corrected chi connectivity index (χ1v) is 6.74. The van der Waals surface area contributed by atoms with Crippen molar-refractivity contribution in [2.75, 3.05) is 6.61 Å². The van der Waals surface area contributed by atoms with Crippen molar-refractivity contribution < 1.29 is 13.9 Å². The molecule has 0 atom stereocenters. The highest BCUT2D eigenvalue weighted by Crippen LogP contribution is 2.28. The largest absolute Gasteiger partial charge is 0.462 e. The summed E-state index contributed by atoms with van der Waals surface area (Å²) in [5, 5.41) is 0. The number of carbonyl (C=O) groups excluding carboxylic acids is 1. The lowest BCUT2D eigenvalue weighted by atomic mass is 10.1. The Hall–Kier alpha value is -2.62. The Labute approximate surface area is 121 Å². The summed E-state index contributed by atoms with van der Waals surface area (Å²) in [6.45, 7) is 2.06. The zero-order chi connectivity index (χ0) is 14.8. The smallest absolute Gasteiger partial charge is 0.340 e. The van der Waals surface area contributed by atoms with Crippen LogP contribution in [0.4, 0.5) is 4.39 Å². The fourth-order valence-corrected chi connectivity index (χ4v) is 2.40. The van der Waals surface area contributed by atoms with Crippen molar-refractivity contribution in [3.8, 4) is 11.3 Å². The molecule has 0 N–H and O–H groups in total. The normalized spacial score (nSPS) is 10.8. The summed E-state index contributed by atoms with van der Waals surface area (Å²) in [6, 6.07) is 13.7. The number of pyridine rings is 1. The van der Waals surface area contributed by atoms with Crippen LogP contribution in [0.1, 0.15) is 17.3 Å². The van der Waals surface area contributed by atoms with E-state index in [0.29, 0.717) is 28.9 Å². The van der Waals surface area contributed by atoms with Crippen LogP contribution < -0.4 is 0 Å². The quantitative estimate of drug-likeness (QED) is 0.682. The number of carbonyl (C=O) groups is 1. The molecule has 0 aliphatic rings. The summed E-state index contributed by atoms with van der Waals surface area (Å²) in [5.41, 5.74) is 2.23. The maximum Gasteiger partial charge on any atom is 0.340 e. The van der Waals surface area contributed by atoms with Crippen molar-refractivity contribution >= 4 is 11.5 Å². The van der Waals surface area contributed by atoms with E-state index in [1.807, 2.05) is 18.2 Å². The van der Waals surface area contributed by atoms with Gasteiger partial charge in [-0.25, -0.2) is 9.18 Å². The van der Waals surface area contributed by atoms with E-state index in [2.05, 4.69) is 0 Å². The number of hydrogen-bond acceptors (Lipinski definition) is 2. The molecular weight excluding hydrogens is 269 g/mol. The van der Waals surface area contributed by atoms with Gasteiger partial charge in [-0.3, -0.25) is 0 Å². The first-order valence-electron chi connectivity index (χ1n) is 6.74.